The van der Waals surface area contributed by atoms with Gasteiger partial charge in [-0.1, -0.05) is 32.1 Å². The van der Waals surface area contributed by atoms with Gasteiger partial charge in [0.2, 0.25) is 0 Å². The summed E-state index contributed by atoms with van der Waals surface area (Å²) in [6.07, 6.45) is 4.89. The number of aliphatic carboxylic acids is 1. The maximum Gasteiger partial charge on any atom is 0.407 e. The Hall–Kier alpha value is -1.30. The summed E-state index contributed by atoms with van der Waals surface area (Å²) in [4.78, 5) is 22.8. The molecular formula is C16H29NO5. The maximum atomic E-state index is 11.8. The number of aliphatic hydroxyl groups is 1. The van der Waals surface area contributed by atoms with Crippen LogP contribution in [0.4, 0.5) is 4.79 Å². The first-order valence-electron chi connectivity index (χ1n) is 8.09. The molecule has 1 aliphatic carbocycles. The molecule has 0 aromatic carbocycles. The molecular weight excluding hydrogens is 286 g/mol. The van der Waals surface area contributed by atoms with Crippen LogP contribution in [0.1, 0.15) is 65.7 Å². The van der Waals surface area contributed by atoms with Crippen LogP contribution in [0.2, 0.25) is 0 Å². The number of hydrogen-bond acceptors (Lipinski definition) is 4. The molecule has 0 heterocycles. The minimum atomic E-state index is -1.61. The van der Waals surface area contributed by atoms with Gasteiger partial charge in [0.1, 0.15) is 5.60 Å². The second kappa shape index (κ2) is 8.36. The Labute approximate surface area is 132 Å². The number of carboxylic acids is 1. The monoisotopic (exact) mass is 315 g/mol. The van der Waals surface area contributed by atoms with Crippen molar-refractivity contribution in [2.45, 2.75) is 83.5 Å². The molecule has 1 rings (SSSR count). The highest BCUT2D eigenvalue weighted by molar-refractivity contribution is 5.75. The van der Waals surface area contributed by atoms with Crippen LogP contribution in [0.25, 0.3) is 0 Å². The number of ether oxygens (including phenoxy) is 1. The molecule has 0 aliphatic heterocycles. The van der Waals surface area contributed by atoms with E-state index in [9.17, 15) is 14.7 Å². The van der Waals surface area contributed by atoms with Crippen molar-refractivity contribution in [3.05, 3.63) is 0 Å². The molecule has 0 aromatic rings. The van der Waals surface area contributed by atoms with Crippen LogP contribution in [0, 0.1) is 5.92 Å². The Balaban J connectivity index is 2.55. The quantitative estimate of drug-likeness (QED) is 0.700. The Kier molecular flexibility index (Phi) is 7.13. The van der Waals surface area contributed by atoms with Gasteiger partial charge in [-0.15, -0.1) is 0 Å². The molecule has 0 aromatic heterocycles. The van der Waals surface area contributed by atoms with E-state index in [0.717, 1.165) is 19.3 Å². The fourth-order valence-electron chi connectivity index (χ4n) is 2.83. The predicted octanol–water partition coefficient (Wildman–Crippen LogP) is 2.69. The zero-order chi connectivity index (χ0) is 16.8. The Morgan fingerprint density at radius 2 is 1.82 bits per heavy atom. The van der Waals surface area contributed by atoms with Crippen LogP contribution in [0.15, 0.2) is 0 Å². The van der Waals surface area contributed by atoms with E-state index in [-0.39, 0.29) is 0 Å². The minimum absolute atomic E-state index is 0.442. The lowest BCUT2D eigenvalue weighted by Crippen LogP contribution is -2.48. The van der Waals surface area contributed by atoms with Gasteiger partial charge in [-0.25, -0.2) is 9.59 Å². The summed E-state index contributed by atoms with van der Waals surface area (Å²) in [5.74, 6) is -0.776. The summed E-state index contributed by atoms with van der Waals surface area (Å²) in [7, 11) is 0. The van der Waals surface area contributed by atoms with Crippen molar-refractivity contribution in [2.24, 2.45) is 5.92 Å². The van der Waals surface area contributed by atoms with E-state index < -0.39 is 29.8 Å². The Bertz CT molecular complexity index is 371. The van der Waals surface area contributed by atoms with Gasteiger partial charge in [0.15, 0.2) is 6.10 Å². The second-order valence-electron chi connectivity index (χ2n) is 7.12. The lowest BCUT2D eigenvalue weighted by Gasteiger charge is -2.27. The molecule has 0 unspecified atom stereocenters. The van der Waals surface area contributed by atoms with Gasteiger partial charge in [0, 0.05) is 0 Å². The highest BCUT2D eigenvalue weighted by Crippen LogP contribution is 2.28. The minimum Gasteiger partial charge on any atom is -0.479 e. The molecule has 6 nitrogen and oxygen atoms in total. The van der Waals surface area contributed by atoms with Gasteiger partial charge < -0.3 is 20.3 Å². The average Bonchev–Trinajstić information content (AvgIpc) is 2.41. The molecule has 1 fully saturated rings. The highest BCUT2D eigenvalue weighted by atomic mass is 16.6. The van der Waals surface area contributed by atoms with E-state index in [1.54, 1.807) is 20.8 Å². The molecule has 0 saturated heterocycles. The first-order chi connectivity index (χ1) is 10.2. The summed E-state index contributed by atoms with van der Waals surface area (Å²) in [6, 6.07) is -0.825. The summed E-state index contributed by atoms with van der Waals surface area (Å²) in [6.45, 7) is 5.20. The number of alkyl carbamates (subject to hydrolysis) is 1. The van der Waals surface area contributed by atoms with Gasteiger partial charge in [-0.3, -0.25) is 0 Å². The number of carbonyl (C=O) groups excluding carboxylic acids is 1. The Morgan fingerprint density at radius 1 is 1.23 bits per heavy atom. The SMILES string of the molecule is CC(C)(C)OC(=O)N[C@H](CCC1CCCCC1)[C@H](O)C(=O)O. The molecule has 1 saturated carbocycles. The maximum absolute atomic E-state index is 11.8. The number of carbonyl (C=O) groups is 2. The van der Waals surface area contributed by atoms with Crippen molar-refractivity contribution in [2.75, 3.05) is 0 Å². The molecule has 128 valence electrons. The Morgan fingerprint density at radius 3 is 2.32 bits per heavy atom. The van der Waals surface area contributed by atoms with Gasteiger partial charge in [-0.2, -0.15) is 0 Å². The molecule has 0 spiro atoms. The van der Waals surface area contributed by atoms with Gasteiger partial charge in [0.25, 0.3) is 0 Å². The van der Waals surface area contributed by atoms with Crippen molar-refractivity contribution in [3.63, 3.8) is 0 Å². The number of nitrogens with one attached hydrogen (secondary N) is 1. The summed E-state index contributed by atoms with van der Waals surface area (Å²) in [5, 5.41) is 21.3. The normalized spacial score (nSPS) is 19.3. The smallest absolute Gasteiger partial charge is 0.407 e. The zero-order valence-corrected chi connectivity index (χ0v) is 13.8. The first-order valence-corrected chi connectivity index (χ1v) is 8.09. The average molecular weight is 315 g/mol. The first kappa shape index (κ1) is 18.7. The van der Waals surface area contributed by atoms with Gasteiger partial charge in [-0.05, 0) is 39.5 Å². The third kappa shape index (κ3) is 7.11. The van der Waals surface area contributed by atoms with E-state index in [1.165, 1.54) is 19.3 Å². The fraction of sp³-hybridized carbons (Fsp3) is 0.875. The molecule has 22 heavy (non-hydrogen) atoms. The lowest BCUT2D eigenvalue weighted by atomic mass is 9.84. The molecule has 1 amide bonds. The van der Waals surface area contributed by atoms with E-state index in [0.29, 0.717) is 12.3 Å². The van der Waals surface area contributed by atoms with Crippen LogP contribution < -0.4 is 5.32 Å². The third-order valence-electron chi connectivity index (χ3n) is 3.95. The molecule has 0 bridgehead atoms. The van der Waals surface area contributed by atoms with Crippen molar-refractivity contribution in [3.8, 4) is 0 Å². The fourth-order valence-corrected chi connectivity index (χ4v) is 2.83. The van der Waals surface area contributed by atoms with E-state index >= 15 is 0 Å². The summed E-state index contributed by atoms with van der Waals surface area (Å²) < 4.78 is 5.14. The number of amides is 1. The largest absolute Gasteiger partial charge is 0.479 e. The number of hydrogen-bond donors (Lipinski definition) is 3. The molecule has 3 N–H and O–H groups in total. The van der Waals surface area contributed by atoms with Crippen molar-refractivity contribution < 1.29 is 24.5 Å². The highest BCUT2D eigenvalue weighted by Gasteiger charge is 2.29. The van der Waals surface area contributed by atoms with Crippen molar-refractivity contribution in [1.29, 1.82) is 0 Å². The zero-order valence-electron chi connectivity index (χ0n) is 13.8. The molecule has 6 heteroatoms. The molecule has 1 aliphatic rings. The van der Waals surface area contributed by atoms with Gasteiger partial charge in [0.05, 0.1) is 6.04 Å². The molecule has 0 radical (unpaired) electrons. The summed E-state index contributed by atoms with van der Waals surface area (Å²) in [5.41, 5.74) is -0.661. The topological polar surface area (TPSA) is 95.9 Å². The third-order valence-corrected chi connectivity index (χ3v) is 3.95. The summed E-state index contributed by atoms with van der Waals surface area (Å²) >= 11 is 0. The van der Waals surface area contributed by atoms with Crippen molar-refractivity contribution in [1.82, 2.24) is 5.32 Å². The van der Waals surface area contributed by atoms with E-state index in [1.807, 2.05) is 0 Å². The predicted molar refractivity (Wildman–Crippen MR) is 82.6 cm³/mol. The number of rotatable bonds is 6. The van der Waals surface area contributed by atoms with Crippen LogP contribution in [0.5, 0.6) is 0 Å². The second-order valence-corrected chi connectivity index (χ2v) is 7.12. The number of carboxylic acid groups (broad SMARTS) is 1. The van der Waals surface area contributed by atoms with Crippen molar-refractivity contribution >= 4 is 12.1 Å². The van der Waals surface area contributed by atoms with Crippen LogP contribution in [0.3, 0.4) is 0 Å². The van der Waals surface area contributed by atoms with Crippen LogP contribution in [-0.2, 0) is 9.53 Å². The van der Waals surface area contributed by atoms with E-state index in [4.69, 9.17) is 9.84 Å². The van der Waals surface area contributed by atoms with E-state index in [2.05, 4.69) is 5.32 Å². The van der Waals surface area contributed by atoms with Crippen LogP contribution in [-0.4, -0.2) is 40.0 Å². The standard InChI is InChI=1S/C16H29NO5/c1-16(2,3)22-15(21)17-12(13(18)14(19)20)10-9-11-7-5-4-6-8-11/h11-13,18H,4-10H2,1-3H3,(H,17,21)(H,19,20)/t12-,13+/m1/s1. The lowest BCUT2D eigenvalue weighted by molar-refractivity contribution is -0.148. The van der Waals surface area contributed by atoms with Crippen LogP contribution >= 0.6 is 0 Å². The molecule has 2 atom stereocenters. The number of aliphatic hydroxyl groups excluding tert-OH is 1. The van der Waals surface area contributed by atoms with Gasteiger partial charge >= 0.3 is 12.1 Å².